The standard InChI is InChI=1S/C46H40N4O9S/c1-56-26-27-58-45(55)49-33-21-11-9-19-31(33)46(43(49)54)36(41(52)48-44-47-32-20-10-13-23-35(32)60-44)38-42(53)59-39(29-16-6-3-7-17-29)37(28-14-4-2-5-15-28)50(38)40(46)30-18-8-12-22-34(30)57-25-24-51/h2-23,36-40,51H,24-27H2,1H3,(H,47,48,52). The van der Waals surface area contributed by atoms with Gasteiger partial charge < -0.3 is 29.4 Å². The molecule has 0 bridgehead atoms. The second-order valence-electron chi connectivity index (χ2n) is 14.6. The summed E-state index contributed by atoms with van der Waals surface area (Å²) in [5.74, 6) is -3.40. The number of anilines is 2. The number of aliphatic hydroxyl groups is 1. The van der Waals surface area contributed by atoms with E-state index in [1.54, 1.807) is 48.5 Å². The van der Waals surface area contributed by atoms with E-state index in [2.05, 4.69) is 10.3 Å². The number of aromatic nitrogens is 1. The van der Waals surface area contributed by atoms with Crippen LogP contribution in [0.25, 0.3) is 10.2 Å². The minimum absolute atomic E-state index is 0.0767. The third kappa shape index (κ3) is 6.39. The number of para-hydroxylation sites is 3. The molecule has 5 aromatic carbocycles. The Balaban J connectivity index is 1.34. The van der Waals surface area contributed by atoms with Crippen LogP contribution in [0.3, 0.4) is 0 Å². The van der Waals surface area contributed by atoms with Crippen molar-refractivity contribution in [3.63, 3.8) is 0 Å². The highest BCUT2D eigenvalue weighted by molar-refractivity contribution is 7.22. The number of nitrogens with zero attached hydrogens (tertiary/aromatic N) is 3. The maximum absolute atomic E-state index is 16.1. The van der Waals surface area contributed by atoms with Gasteiger partial charge in [-0.3, -0.25) is 19.3 Å². The SMILES string of the molecule is COCCOC(=O)N1C(=O)C2(c3ccccc31)C(C(=O)Nc1nc3ccccc3s1)C1C(=O)OC(c3ccccc3)C(c3ccccc3)N1C2c1ccccc1OCCO. The molecule has 3 amide bonds. The van der Waals surface area contributed by atoms with Crippen LogP contribution in [-0.2, 0) is 34.0 Å². The van der Waals surface area contributed by atoms with E-state index in [-0.39, 0.29) is 37.2 Å². The normalized spacial score (nSPS) is 23.3. The Labute approximate surface area is 349 Å². The molecule has 2 saturated heterocycles. The van der Waals surface area contributed by atoms with E-state index in [9.17, 15) is 9.90 Å². The van der Waals surface area contributed by atoms with E-state index in [1.807, 2.05) is 89.8 Å². The van der Waals surface area contributed by atoms with Crippen LogP contribution in [0.5, 0.6) is 5.75 Å². The molecule has 3 aliphatic heterocycles. The summed E-state index contributed by atoms with van der Waals surface area (Å²) in [6, 6.07) is 36.7. The van der Waals surface area contributed by atoms with Gasteiger partial charge in [0.2, 0.25) is 11.8 Å². The molecule has 14 heteroatoms. The second-order valence-corrected chi connectivity index (χ2v) is 15.6. The highest BCUT2D eigenvalue weighted by Gasteiger charge is 2.76. The quantitative estimate of drug-likeness (QED) is 0.105. The van der Waals surface area contributed by atoms with Crippen LogP contribution < -0.4 is 15.0 Å². The van der Waals surface area contributed by atoms with E-state index in [0.29, 0.717) is 28.0 Å². The van der Waals surface area contributed by atoms with Crippen LogP contribution in [0.2, 0.25) is 0 Å². The highest BCUT2D eigenvalue weighted by Crippen LogP contribution is 2.66. The van der Waals surface area contributed by atoms with Gasteiger partial charge in [0, 0.05) is 12.7 Å². The lowest BCUT2D eigenvalue weighted by molar-refractivity contribution is -0.177. The molecule has 6 unspecified atom stereocenters. The van der Waals surface area contributed by atoms with Crippen LogP contribution in [0.15, 0.2) is 133 Å². The van der Waals surface area contributed by atoms with Gasteiger partial charge in [-0.1, -0.05) is 121 Å². The Morgan fingerprint density at radius 1 is 0.817 bits per heavy atom. The van der Waals surface area contributed by atoms with Crippen molar-refractivity contribution in [1.29, 1.82) is 0 Å². The first-order valence-corrected chi connectivity index (χ1v) is 20.4. The molecule has 6 aromatic rings. The first kappa shape index (κ1) is 39.0. The third-order valence-corrected chi connectivity index (χ3v) is 12.4. The summed E-state index contributed by atoms with van der Waals surface area (Å²) >= 11 is 1.25. The molecule has 2 fully saturated rings. The number of carbonyl (C=O) groups is 4. The average molecular weight is 825 g/mol. The van der Waals surface area contributed by atoms with Crippen molar-refractivity contribution in [2.24, 2.45) is 5.92 Å². The Kier molecular flexibility index (Phi) is 10.6. The number of carbonyl (C=O) groups excluding carboxylic acids is 4. The van der Waals surface area contributed by atoms with Crippen molar-refractivity contribution >= 4 is 56.2 Å². The Hall–Kier alpha value is -6.45. The van der Waals surface area contributed by atoms with Crippen molar-refractivity contribution in [2.45, 2.75) is 29.6 Å². The minimum Gasteiger partial charge on any atom is -0.491 e. The van der Waals surface area contributed by atoms with Crippen LogP contribution in [0.4, 0.5) is 15.6 Å². The first-order valence-electron chi connectivity index (χ1n) is 19.5. The summed E-state index contributed by atoms with van der Waals surface area (Å²) in [6.45, 7) is -0.456. The Morgan fingerprint density at radius 3 is 2.25 bits per heavy atom. The number of rotatable bonds is 11. The predicted molar refractivity (Wildman–Crippen MR) is 222 cm³/mol. The number of ether oxygens (including phenoxy) is 4. The Morgan fingerprint density at radius 2 is 1.50 bits per heavy atom. The molecular formula is C46H40N4O9S. The molecule has 0 saturated carbocycles. The number of thiazole rings is 1. The monoisotopic (exact) mass is 824 g/mol. The van der Waals surface area contributed by atoms with Gasteiger partial charge in [-0.2, -0.15) is 0 Å². The van der Waals surface area contributed by atoms with Crippen LogP contribution >= 0.6 is 11.3 Å². The van der Waals surface area contributed by atoms with E-state index in [1.165, 1.54) is 18.4 Å². The lowest BCUT2D eigenvalue weighted by Crippen LogP contribution is -2.54. The summed E-state index contributed by atoms with van der Waals surface area (Å²) in [5, 5.41) is 13.2. The smallest absolute Gasteiger partial charge is 0.421 e. The third-order valence-electron chi connectivity index (χ3n) is 11.4. The number of hydrogen-bond donors (Lipinski definition) is 2. The molecule has 304 valence electrons. The van der Waals surface area contributed by atoms with Gasteiger partial charge in [0.15, 0.2) is 5.13 Å². The average Bonchev–Trinajstić information content (AvgIpc) is 3.92. The largest absolute Gasteiger partial charge is 0.491 e. The van der Waals surface area contributed by atoms with Crippen LogP contribution in [0, 0.1) is 5.92 Å². The van der Waals surface area contributed by atoms with E-state index >= 15 is 14.4 Å². The summed E-state index contributed by atoms with van der Waals surface area (Å²) in [4.78, 5) is 68.6. The van der Waals surface area contributed by atoms with Crippen molar-refractivity contribution in [3.8, 4) is 5.75 Å². The predicted octanol–water partition coefficient (Wildman–Crippen LogP) is 6.75. The zero-order valence-corrected chi connectivity index (χ0v) is 33.2. The molecule has 1 spiro atoms. The number of nitrogens with one attached hydrogen (secondary N) is 1. The molecule has 3 aliphatic rings. The summed E-state index contributed by atoms with van der Waals surface area (Å²) in [7, 11) is 1.47. The van der Waals surface area contributed by atoms with Gasteiger partial charge in [-0.25, -0.2) is 14.7 Å². The maximum atomic E-state index is 16.1. The van der Waals surface area contributed by atoms with Crippen molar-refractivity contribution in [2.75, 3.05) is 43.8 Å². The zero-order chi connectivity index (χ0) is 41.4. The number of hydrogen-bond acceptors (Lipinski definition) is 12. The molecule has 4 heterocycles. The molecule has 1 aromatic heterocycles. The highest BCUT2D eigenvalue weighted by atomic mass is 32.1. The molecule has 0 aliphatic carbocycles. The van der Waals surface area contributed by atoms with Gasteiger partial charge in [-0.05, 0) is 41.0 Å². The number of methoxy groups -OCH3 is 1. The van der Waals surface area contributed by atoms with E-state index in [0.717, 1.165) is 15.2 Å². The molecular weight excluding hydrogens is 785 g/mol. The summed E-state index contributed by atoms with van der Waals surface area (Å²) in [5.41, 5.74) is 1.08. The number of morpholine rings is 1. The zero-order valence-electron chi connectivity index (χ0n) is 32.4. The number of benzene rings is 5. The van der Waals surface area contributed by atoms with Crippen molar-refractivity contribution in [1.82, 2.24) is 9.88 Å². The molecule has 13 nitrogen and oxygen atoms in total. The topological polar surface area (TPSA) is 157 Å². The van der Waals surface area contributed by atoms with Crippen LogP contribution in [0.1, 0.15) is 40.4 Å². The van der Waals surface area contributed by atoms with Gasteiger partial charge in [0.05, 0.1) is 47.1 Å². The first-order chi connectivity index (χ1) is 29.4. The Bertz CT molecular complexity index is 2540. The summed E-state index contributed by atoms with van der Waals surface area (Å²) < 4.78 is 24.3. The van der Waals surface area contributed by atoms with E-state index in [4.69, 9.17) is 18.9 Å². The van der Waals surface area contributed by atoms with Crippen molar-refractivity contribution in [3.05, 3.63) is 156 Å². The maximum Gasteiger partial charge on any atom is 0.421 e. The van der Waals surface area contributed by atoms with Crippen molar-refractivity contribution < 1.29 is 43.2 Å². The molecule has 0 radical (unpaired) electrons. The fourth-order valence-electron chi connectivity index (χ4n) is 9.19. The fraction of sp³-hybridized carbons (Fsp3) is 0.239. The fourth-order valence-corrected chi connectivity index (χ4v) is 10.1. The van der Waals surface area contributed by atoms with Gasteiger partial charge >= 0.3 is 12.1 Å². The van der Waals surface area contributed by atoms with Gasteiger partial charge in [0.1, 0.15) is 36.5 Å². The number of esters is 1. The number of aliphatic hydroxyl groups excluding tert-OH is 1. The number of fused-ring (bicyclic) bond motifs is 4. The number of amides is 3. The molecule has 9 rings (SSSR count). The minimum atomic E-state index is -2.00. The summed E-state index contributed by atoms with van der Waals surface area (Å²) in [6.07, 6.45) is -1.88. The van der Waals surface area contributed by atoms with Crippen LogP contribution in [-0.4, -0.2) is 78.4 Å². The van der Waals surface area contributed by atoms with E-state index < -0.39 is 59.4 Å². The number of imide groups is 1. The molecule has 2 N–H and O–H groups in total. The van der Waals surface area contributed by atoms with Gasteiger partial charge in [0.25, 0.3) is 0 Å². The van der Waals surface area contributed by atoms with Gasteiger partial charge in [-0.15, -0.1) is 0 Å². The lowest BCUT2D eigenvalue weighted by atomic mass is 9.65. The second kappa shape index (κ2) is 16.3. The molecule has 6 atom stereocenters. The number of cyclic esters (lactones) is 1. The molecule has 60 heavy (non-hydrogen) atoms. The lowest BCUT2D eigenvalue weighted by Gasteiger charge is -2.46.